The second-order valence-electron chi connectivity index (χ2n) is 6.77. The fourth-order valence-electron chi connectivity index (χ4n) is 3.21. The van der Waals surface area contributed by atoms with Crippen LogP contribution in [-0.4, -0.2) is 18.7 Å². The first-order valence-electron chi connectivity index (χ1n) is 9.81. The summed E-state index contributed by atoms with van der Waals surface area (Å²) in [7, 11) is 1.64. The summed E-state index contributed by atoms with van der Waals surface area (Å²) in [4.78, 5) is 4.77. The van der Waals surface area contributed by atoms with Gasteiger partial charge >= 0.3 is 0 Å². The Kier molecular flexibility index (Phi) is 6.35. The SMILES string of the molecule is COc1ccccc1OCCCc1oc(-c2ccccc2)nc1-c1ccc(Cl)cc1. The number of halogens is 1. The summed E-state index contributed by atoms with van der Waals surface area (Å²) in [6.07, 6.45) is 1.48. The molecule has 30 heavy (non-hydrogen) atoms. The lowest BCUT2D eigenvalue weighted by atomic mass is 10.1. The van der Waals surface area contributed by atoms with Gasteiger partial charge in [0, 0.05) is 22.6 Å². The van der Waals surface area contributed by atoms with Crippen molar-refractivity contribution in [2.24, 2.45) is 0 Å². The maximum absolute atomic E-state index is 6.16. The van der Waals surface area contributed by atoms with Crippen molar-refractivity contribution in [3.8, 4) is 34.2 Å². The van der Waals surface area contributed by atoms with E-state index in [2.05, 4.69) is 0 Å². The van der Waals surface area contributed by atoms with E-state index in [-0.39, 0.29) is 0 Å². The van der Waals surface area contributed by atoms with Crippen LogP contribution in [0.2, 0.25) is 5.02 Å². The van der Waals surface area contributed by atoms with Crippen LogP contribution in [0, 0.1) is 0 Å². The molecule has 0 fully saturated rings. The molecule has 0 bridgehead atoms. The van der Waals surface area contributed by atoms with Crippen molar-refractivity contribution in [3.05, 3.63) is 89.6 Å². The molecule has 0 aliphatic carbocycles. The van der Waals surface area contributed by atoms with Gasteiger partial charge in [-0.2, -0.15) is 0 Å². The summed E-state index contributed by atoms with van der Waals surface area (Å²) in [5, 5.41) is 0.692. The summed E-state index contributed by atoms with van der Waals surface area (Å²) < 4.78 is 17.4. The Hall–Kier alpha value is -3.24. The molecule has 3 aromatic carbocycles. The second-order valence-corrected chi connectivity index (χ2v) is 7.20. The Morgan fingerprint density at radius 2 is 1.53 bits per heavy atom. The van der Waals surface area contributed by atoms with Crippen LogP contribution in [0.4, 0.5) is 0 Å². The molecule has 0 aliphatic heterocycles. The summed E-state index contributed by atoms with van der Waals surface area (Å²) in [5.41, 5.74) is 2.76. The summed E-state index contributed by atoms with van der Waals surface area (Å²) >= 11 is 6.05. The predicted molar refractivity (Wildman–Crippen MR) is 119 cm³/mol. The quantitative estimate of drug-likeness (QED) is 0.299. The number of aromatic nitrogens is 1. The Morgan fingerprint density at radius 1 is 0.833 bits per heavy atom. The minimum Gasteiger partial charge on any atom is -0.493 e. The largest absolute Gasteiger partial charge is 0.493 e. The van der Waals surface area contributed by atoms with Gasteiger partial charge < -0.3 is 13.9 Å². The Bertz CT molecular complexity index is 1090. The van der Waals surface area contributed by atoms with E-state index >= 15 is 0 Å². The van der Waals surface area contributed by atoms with Crippen LogP contribution in [-0.2, 0) is 6.42 Å². The molecule has 0 atom stereocenters. The van der Waals surface area contributed by atoms with Gasteiger partial charge in [0.15, 0.2) is 11.5 Å². The van der Waals surface area contributed by atoms with Gasteiger partial charge in [0.05, 0.1) is 13.7 Å². The van der Waals surface area contributed by atoms with Crippen LogP contribution in [0.15, 0.2) is 83.3 Å². The predicted octanol–water partition coefficient (Wildman–Crippen LogP) is 6.68. The average molecular weight is 420 g/mol. The van der Waals surface area contributed by atoms with Crippen LogP contribution in [0.1, 0.15) is 12.2 Å². The Labute approximate surface area is 181 Å². The van der Waals surface area contributed by atoms with Crippen molar-refractivity contribution >= 4 is 11.6 Å². The zero-order valence-electron chi connectivity index (χ0n) is 16.7. The molecule has 0 unspecified atom stereocenters. The van der Waals surface area contributed by atoms with Crippen molar-refractivity contribution < 1.29 is 13.9 Å². The third kappa shape index (κ3) is 4.66. The lowest BCUT2D eigenvalue weighted by Gasteiger charge is -2.09. The van der Waals surface area contributed by atoms with E-state index in [4.69, 9.17) is 30.5 Å². The van der Waals surface area contributed by atoms with E-state index < -0.39 is 0 Å². The van der Waals surface area contributed by atoms with E-state index in [0.29, 0.717) is 23.9 Å². The molecule has 4 aromatic rings. The van der Waals surface area contributed by atoms with Crippen LogP contribution in [0.3, 0.4) is 0 Å². The van der Waals surface area contributed by atoms with Crippen LogP contribution in [0.25, 0.3) is 22.7 Å². The molecule has 152 valence electrons. The van der Waals surface area contributed by atoms with Gasteiger partial charge in [-0.3, -0.25) is 0 Å². The van der Waals surface area contributed by atoms with Gasteiger partial charge in [-0.15, -0.1) is 0 Å². The maximum Gasteiger partial charge on any atom is 0.226 e. The zero-order chi connectivity index (χ0) is 20.8. The van der Waals surface area contributed by atoms with Gasteiger partial charge in [-0.1, -0.05) is 54.1 Å². The van der Waals surface area contributed by atoms with E-state index in [1.807, 2.05) is 78.9 Å². The number of aryl methyl sites for hydroxylation is 1. The molecule has 4 rings (SSSR count). The molecule has 0 saturated heterocycles. The number of hydrogen-bond acceptors (Lipinski definition) is 4. The number of ether oxygens (including phenoxy) is 2. The fourth-order valence-corrected chi connectivity index (χ4v) is 3.34. The van der Waals surface area contributed by atoms with Crippen LogP contribution < -0.4 is 9.47 Å². The molecule has 0 aliphatic rings. The van der Waals surface area contributed by atoms with Crippen molar-refractivity contribution in [3.63, 3.8) is 0 Å². The third-order valence-electron chi connectivity index (χ3n) is 4.71. The first-order valence-corrected chi connectivity index (χ1v) is 10.2. The minimum atomic E-state index is 0.543. The Balaban J connectivity index is 1.52. The molecule has 0 saturated carbocycles. The highest BCUT2D eigenvalue weighted by Gasteiger charge is 2.16. The number of benzene rings is 3. The highest BCUT2D eigenvalue weighted by Crippen LogP contribution is 2.31. The number of para-hydroxylation sites is 2. The normalized spacial score (nSPS) is 10.7. The number of methoxy groups -OCH3 is 1. The fraction of sp³-hybridized carbons (Fsp3) is 0.160. The number of rotatable bonds is 8. The smallest absolute Gasteiger partial charge is 0.226 e. The monoisotopic (exact) mass is 419 g/mol. The van der Waals surface area contributed by atoms with Gasteiger partial charge in [0.25, 0.3) is 0 Å². The minimum absolute atomic E-state index is 0.543. The second kappa shape index (κ2) is 9.51. The molecule has 0 radical (unpaired) electrons. The standard InChI is InChI=1S/C25H22ClNO3/c1-28-21-10-5-6-11-22(21)29-17-7-12-23-24(18-13-15-20(26)16-14-18)27-25(30-23)19-8-3-2-4-9-19/h2-6,8-11,13-16H,7,12,17H2,1H3. The van der Waals surface area contributed by atoms with Crippen LogP contribution in [0.5, 0.6) is 11.5 Å². The maximum atomic E-state index is 6.16. The van der Waals surface area contributed by atoms with E-state index in [0.717, 1.165) is 40.5 Å². The van der Waals surface area contributed by atoms with Crippen molar-refractivity contribution in [1.82, 2.24) is 4.98 Å². The summed E-state index contributed by atoms with van der Waals surface area (Å²) in [6, 6.07) is 25.2. The molecule has 0 N–H and O–H groups in total. The highest BCUT2D eigenvalue weighted by molar-refractivity contribution is 6.30. The van der Waals surface area contributed by atoms with E-state index in [1.54, 1.807) is 7.11 Å². The average Bonchev–Trinajstić information content (AvgIpc) is 3.22. The van der Waals surface area contributed by atoms with Gasteiger partial charge in [-0.25, -0.2) is 4.98 Å². The lowest BCUT2D eigenvalue weighted by molar-refractivity contribution is 0.286. The zero-order valence-corrected chi connectivity index (χ0v) is 17.4. The first-order chi connectivity index (χ1) is 14.7. The van der Waals surface area contributed by atoms with Crippen molar-refractivity contribution in [2.75, 3.05) is 13.7 Å². The molecule has 0 spiro atoms. The molecule has 0 amide bonds. The summed E-state index contributed by atoms with van der Waals surface area (Å²) in [6.45, 7) is 0.543. The third-order valence-corrected chi connectivity index (χ3v) is 4.96. The molecular formula is C25H22ClNO3. The Morgan fingerprint density at radius 3 is 2.27 bits per heavy atom. The lowest BCUT2D eigenvalue weighted by Crippen LogP contribution is -2.01. The van der Waals surface area contributed by atoms with Crippen molar-refractivity contribution in [1.29, 1.82) is 0 Å². The van der Waals surface area contributed by atoms with Crippen molar-refractivity contribution in [2.45, 2.75) is 12.8 Å². The molecule has 1 aromatic heterocycles. The molecule has 5 heteroatoms. The number of oxazole rings is 1. The van der Waals surface area contributed by atoms with Crippen LogP contribution >= 0.6 is 11.6 Å². The van der Waals surface area contributed by atoms with Gasteiger partial charge in [-0.05, 0) is 42.8 Å². The molecular weight excluding hydrogens is 398 g/mol. The van der Waals surface area contributed by atoms with Gasteiger partial charge in [0.2, 0.25) is 5.89 Å². The number of nitrogens with zero attached hydrogens (tertiary/aromatic N) is 1. The number of hydrogen-bond donors (Lipinski definition) is 0. The first kappa shape index (κ1) is 20.0. The molecule has 1 heterocycles. The highest BCUT2D eigenvalue weighted by atomic mass is 35.5. The van der Waals surface area contributed by atoms with E-state index in [9.17, 15) is 0 Å². The topological polar surface area (TPSA) is 44.5 Å². The summed E-state index contributed by atoms with van der Waals surface area (Å²) in [5.74, 6) is 2.91. The van der Waals surface area contributed by atoms with E-state index in [1.165, 1.54) is 0 Å². The van der Waals surface area contributed by atoms with Gasteiger partial charge in [0.1, 0.15) is 11.5 Å². The molecule has 4 nitrogen and oxygen atoms in total.